The Balaban J connectivity index is 1.60. The molecule has 0 bridgehead atoms. The van der Waals surface area contributed by atoms with E-state index in [1.54, 1.807) is 6.20 Å². The highest BCUT2D eigenvalue weighted by Crippen LogP contribution is 2.31. The van der Waals surface area contributed by atoms with Crippen molar-refractivity contribution < 1.29 is 9.53 Å². The maximum absolute atomic E-state index is 12.8. The molecule has 0 radical (unpaired) electrons. The molecule has 1 aromatic carbocycles. The number of benzene rings is 1. The molecule has 2 aliphatic heterocycles. The van der Waals surface area contributed by atoms with Gasteiger partial charge >= 0.3 is 0 Å². The van der Waals surface area contributed by atoms with Gasteiger partial charge in [-0.2, -0.15) is 0 Å². The van der Waals surface area contributed by atoms with Crippen LogP contribution in [0.3, 0.4) is 0 Å². The molecule has 2 aromatic rings. The van der Waals surface area contributed by atoms with Crippen LogP contribution in [0.25, 0.3) is 0 Å². The summed E-state index contributed by atoms with van der Waals surface area (Å²) in [7, 11) is 0. The smallest absolute Gasteiger partial charge is 0.268 e. The number of rotatable bonds is 1. The minimum absolute atomic E-state index is 0.0418. The predicted molar refractivity (Wildman–Crippen MR) is 79.5 cm³/mol. The largest absolute Gasteiger partial charge is 0.480 e. The lowest BCUT2D eigenvalue weighted by Crippen LogP contribution is -2.44. The second kappa shape index (κ2) is 4.88. The van der Waals surface area contributed by atoms with Crippen LogP contribution in [0, 0.1) is 0 Å². The molecule has 1 aromatic heterocycles. The Morgan fingerprint density at radius 1 is 1.24 bits per heavy atom. The highest BCUT2D eigenvalue weighted by molar-refractivity contribution is 5.98. The number of hydrogen-bond donors (Lipinski definition) is 0. The van der Waals surface area contributed by atoms with E-state index in [-0.39, 0.29) is 5.91 Å². The lowest BCUT2D eigenvalue weighted by Gasteiger charge is -2.30. The van der Waals surface area contributed by atoms with Crippen LogP contribution >= 0.6 is 0 Å². The predicted octanol–water partition coefficient (Wildman–Crippen LogP) is 2.36. The summed E-state index contributed by atoms with van der Waals surface area (Å²) in [5, 5.41) is 0. The molecule has 0 aliphatic carbocycles. The summed E-state index contributed by atoms with van der Waals surface area (Å²) >= 11 is 0. The standard InChI is InChI=1S/C17H16N2O2/c20-17(16-11-12-5-1-2-8-15(12)21-16)19-10-4-6-13-14(19)7-3-9-18-13/h1-3,5,7-9,16H,4,6,10-11H2/t16-/m0/s1. The number of aryl methyl sites for hydroxylation is 1. The summed E-state index contributed by atoms with van der Waals surface area (Å²) in [6, 6.07) is 11.7. The molecular weight excluding hydrogens is 264 g/mol. The van der Waals surface area contributed by atoms with E-state index in [2.05, 4.69) is 4.98 Å². The van der Waals surface area contributed by atoms with Crippen molar-refractivity contribution in [1.82, 2.24) is 4.98 Å². The van der Waals surface area contributed by atoms with Gasteiger partial charge in [0.2, 0.25) is 0 Å². The van der Waals surface area contributed by atoms with Crippen LogP contribution in [-0.4, -0.2) is 23.5 Å². The highest BCUT2D eigenvalue weighted by atomic mass is 16.5. The maximum atomic E-state index is 12.8. The van der Waals surface area contributed by atoms with Crippen molar-refractivity contribution in [3.8, 4) is 5.75 Å². The second-order valence-electron chi connectivity index (χ2n) is 5.48. The monoisotopic (exact) mass is 280 g/mol. The number of carbonyl (C=O) groups excluding carboxylic acids is 1. The van der Waals surface area contributed by atoms with E-state index in [1.807, 2.05) is 41.3 Å². The van der Waals surface area contributed by atoms with Gasteiger partial charge in [0, 0.05) is 19.2 Å². The Labute approximate surface area is 123 Å². The van der Waals surface area contributed by atoms with Gasteiger partial charge in [0.15, 0.2) is 6.10 Å². The van der Waals surface area contributed by atoms with Crippen LogP contribution in [0.1, 0.15) is 17.7 Å². The Bertz CT molecular complexity index is 674. The van der Waals surface area contributed by atoms with Gasteiger partial charge in [-0.25, -0.2) is 0 Å². The third-order valence-electron chi connectivity index (χ3n) is 4.14. The summed E-state index contributed by atoms with van der Waals surface area (Å²) in [5.74, 6) is 0.874. The Morgan fingerprint density at radius 3 is 3.05 bits per heavy atom. The molecule has 0 unspecified atom stereocenters. The van der Waals surface area contributed by atoms with Crippen LogP contribution in [0.15, 0.2) is 42.6 Å². The average Bonchev–Trinajstić information content (AvgIpc) is 2.97. The van der Waals surface area contributed by atoms with Gasteiger partial charge in [-0.05, 0) is 36.6 Å². The lowest BCUT2D eigenvalue weighted by molar-refractivity contribution is -0.124. The van der Waals surface area contributed by atoms with Gasteiger partial charge in [-0.1, -0.05) is 18.2 Å². The molecule has 3 heterocycles. The number of ether oxygens (including phenoxy) is 1. The molecule has 0 N–H and O–H groups in total. The fourth-order valence-electron chi connectivity index (χ4n) is 3.12. The van der Waals surface area contributed by atoms with Gasteiger partial charge in [-0.3, -0.25) is 9.78 Å². The highest BCUT2D eigenvalue weighted by Gasteiger charge is 2.34. The second-order valence-corrected chi connectivity index (χ2v) is 5.48. The molecule has 4 rings (SSSR count). The van der Waals surface area contributed by atoms with Gasteiger partial charge in [0.25, 0.3) is 5.91 Å². The molecule has 106 valence electrons. The molecule has 21 heavy (non-hydrogen) atoms. The minimum atomic E-state index is -0.409. The minimum Gasteiger partial charge on any atom is -0.480 e. The summed E-state index contributed by atoms with van der Waals surface area (Å²) in [6.07, 6.45) is 3.92. The summed E-state index contributed by atoms with van der Waals surface area (Å²) in [4.78, 5) is 19.0. The van der Waals surface area contributed by atoms with Gasteiger partial charge in [0.05, 0.1) is 11.4 Å². The van der Waals surface area contributed by atoms with Crippen LogP contribution < -0.4 is 9.64 Å². The van der Waals surface area contributed by atoms with E-state index in [9.17, 15) is 4.79 Å². The molecule has 2 aliphatic rings. The van der Waals surface area contributed by atoms with Crippen LogP contribution in [0.5, 0.6) is 5.75 Å². The fourth-order valence-corrected chi connectivity index (χ4v) is 3.12. The summed E-state index contributed by atoms with van der Waals surface area (Å²) in [5.41, 5.74) is 3.06. The number of hydrogen-bond acceptors (Lipinski definition) is 3. The molecule has 4 heteroatoms. The van der Waals surface area contributed by atoms with Crippen molar-refractivity contribution in [3.05, 3.63) is 53.9 Å². The van der Waals surface area contributed by atoms with E-state index in [4.69, 9.17) is 4.74 Å². The molecule has 1 atom stereocenters. The molecule has 0 saturated heterocycles. The molecule has 0 saturated carbocycles. The zero-order valence-electron chi connectivity index (χ0n) is 11.7. The molecular formula is C17H16N2O2. The SMILES string of the molecule is O=C([C@@H]1Cc2ccccc2O1)N1CCCc2ncccc21. The number of pyridine rings is 1. The number of nitrogens with zero attached hydrogens (tertiary/aromatic N) is 2. The van der Waals surface area contributed by atoms with E-state index < -0.39 is 6.10 Å². The van der Waals surface area contributed by atoms with Crippen molar-refractivity contribution >= 4 is 11.6 Å². The summed E-state index contributed by atoms with van der Waals surface area (Å²) in [6.45, 7) is 0.744. The van der Waals surface area contributed by atoms with Gasteiger partial charge in [0.1, 0.15) is 5.75 Å². The van der Waals surface area contributed by atoms with Crippen molar-refractivity contribution in [2.75, 3.05) is 11.4 Å². The zero-order valence-corrected chi connectivity index (χ0v) is 11.7. The molecule has 4 nitrogen and oxygen atoms in total. The molecule has 1 amide bonds. The van der Waals surface area contributed by atoms with Crippen LogP contribution in [-0.2, 0) is 17.6 Å². The molecule has 0 spiro atoms. The maximum Gasteiger partial charge on any atom is 0.268 e. The fraction of sp³-hybridized carbons (Fsp3) is 0.294. The number of para-hydroxylation sites is 1. The quantitative estimate of drug-likeness (QED) is 0.805. The van der Waals surface area contributed by atoms with E-state index in [0.29, 0.717) is 6.42 Å². The normalized spacial score (nSPS) is 19.6. The van der Waals surface area contributed by atoms with Crippen molar-refractivity contribution in [2.45, 2.75) is 25.4 Å². The first-order chi connectivity index (χ1) is 10.3. The Hall–Kier alpha value is -2.36. The average molecular weight is 280 g/mol. The molecule has 0 fully saturated rings. The first-order valence-electron chi connectivity index (χ1n) is 7.33. The van der Waals surface area contributed by atoms with Crippen molar-refractivity contribution in [3.63, 3.8) is 0 Å². The number of fused-ring (bicyclic) bond motifs is 2. The lowest BCUT2D eigenvalue weighted by atomic mass is 10.0. The van der Waals surface area contributed by atoms with E-state index in [0.717, 1.165) is 42.1 Å². The Kier molecular flexibility index (Phi) is 2.88. The van der Waals surface area contributed by atoms with Crippen molar-refractivity contribution in [1.29, 1.82) is 0 Å². The first kappa shape index (κ1) is 12.4. The van der Waals surface area contributed by atoms with E-state index >= 15 is 0 Å². The van der Waals surface area contributed by atoms with E-state index in [1.165, 1.54) is 0 Å². The number of anilines is 1. The zero-order chi connectivity index (χ0) is 14.2. The van der Waals surface area contributed by atoms with Crippen LogP contribution in [0.2, 0.25) is 0 Å². The number of aromatic nitrogens is 1. The van der Waals surface area contributed by atoms with Crippen LogP contribution in [0.4, 0.5) is 5.69 Å². The van der Waals surface area contributed by atoms with Crippen molar-refractivity contribution in [2.24, 2.45) is 0 Å². The number of carbonyl (C=O) groups is 1. The topological polar surface area (TPSA) is 42.4 Å². The first-order valence-corrected chi connectivity index (χ1v) is 7.33. The van der Waals surface area contributed by atoms with Gasteiger partial charge in [-0.15, -0.1) is 0 Å². The third-order valence-corrected chi connectivity index (χ3v) is 4.14. The van der Waals surface area contributed by atoms with Gasteiger partial charge < -0.3 is 9.64 Å². The third kappa shape index (κ3) is 2.07. The Morgan fingerprint density at radius 2 is 2.14 bits per heavy atom. The number of amides is 1. The summed E-state index contributed by atoms with van der Waals surface area (Å²) < 4.78 is 5.83.